The van der Waals surface area contributed by atoms with Gasteiger partial charge in [0.05, 0.1) is 5.69 Å². The molecule has 0 spiro atoms. The van der Waals surface area contributed by atoms with E-state index in [0.717, 1.165) is 25.2 Å². The first-order valence-corrected chi connectivity index (χ1v) is 5.96. The van der Waals surface area contributed by atoms with E-state index in [2.05, 4.69) is 10.6 Å². The molecule has 0 amide bonds. The average Bonchev–Trinajstić information content (AvgIpc) is 2.32. The van der Waals surface area contributed by atoms with Crippen molar-refractivity contribution < 1.29 is 4.39 Å². The summed E-state index contributed by atoms with van der Waals surface area (Å²) in [5.41, 5.74) is 1.72. The minimum atomic E-state index is -0.158. The summed E-state index contributed by atoms with van der Waals surface area (Å²) in [5, 5.41) is 6.57. The number of aryl methyl sites for hydroxylation is 1. The molecule has 1 aromatic rings. The van der Waals surface area contributed by atoms with E-state index in [4.69, 9.17) is 0 Å². The summed E-state index contributed by atoms with van der Waals surface area (Å²) in [6.45, 7) is 5.00. The maximum absolute atomic E-state index is 13.4. The second-order valence-electron chi connectivity index (χ2n) is 4.58. The van der Waals surface area contributed by atoms with Crippen molar-refractivity contribution >= 4 is 5.69 Å². The number of nitrogens with one attached hydrogen (secondary N) is 2. The molecule has 1 unspecified atom stereocenters. The monoisotopic (exact) mass is 222 g/mol. The van der Waals surface area contributed by atoms with Gasteiger partial charge in [-0.1, -0.05) is 6.07 Å². The van der Waals surface area contributed by atoms with E-state index in [-0.39, 0.29) is 5.82 Å². The highest BCUT2D eigenvalue weighted by atomic mass is 19.1. The summed E-state index contributed by atoms with van der Waals surface area (Å²) in [7, 11) is 0. The third-order valence-electron chi connectivity index (χ3n) is 3.10. The summed E-state index contributed by atoms with van der Waals surface area (Å²) in [6, 6.07) is 5.19. The fraction of sp³-hybridized carbons (Fsp3) is 0.538. The van der Waals surface area contributed by atoms with E-state index in [1.807, 2.05) is 13.0 Å². The molecule has 1 aliphatic rings. The van der Waals surface area contributed by atoms with Gasteiger partial charge >= 0.3 is 0 Å². The fourth-order valence-corrected chi connectivity index (χ4v) is 2.13. The highest BCUT2D eigenvalue weighted by molar-refractivity contribution is 5.47. The second-order valence-corrected chi connectivity index (χ2v) is 4.58. The molecule has 1 aromatic carbocycles. The molecule has 0 bridgehead atoms. The van der Waals surface area contributed by atoms with Crippen molar-refractivity contribution in [2.45, 2.75) is 19.8 Å². The summed E-state index contributed by atoms with van der Waals surface area (Å²) in [6.07, 6.45) is 2.45. The largest absolute Gasteiger partial charge is 0.382 e. The Kier molecular flexibility index (Phi) is 3.78. The zero-order valence-corrected chi connectivity index (χ0v) is 9.72. The molecule has 1 fully saturated rings. The van der Waals surface area contributed by atoms with Crippen molar-refractivity contribution in [3.8, 4) is 0 Å². The van der Waals surface area contributed by atoms with Crippen LogP contribution in [0.25, 0.3) is 0 Å². The molecule has 88 valence electrons. The van der Waals surface area contributed by atoms with Crippen LogP contribution in [-0.4, -0.2) is 19.6 Å². The minimum Gasteiger partial charge on any atom is -0.382 e. The van der Waals surface area contributed by atoms with Gasteiger partial charge in [0.1, 0.15) is 5.82 Å². The predicted molar refractivity (Wildman–Crippen MR) is 65.2 cm³/mol. The first kappa shape index (κ1) is 11.4. The minimum absolute atomic E-state index is 0.158. The average molecular weight is 222 g/mol. The van der Waals surface area contributed by atoms with Gasteiger partial charge in [-0.2, -0.15) is 0 Å². The highest BCUT2D eigenvalue weighted by Crippen LogP contribution is 2.17. The van der Waals surface area contributed by atoms with Crippen molar-refractivity contribution in [1.29, 1.82) is 0 Å². The van der Waals surface area contributed by atoms with E-state index in [1.165, 1.54) is 18.9 Å². The molecule has 0 aromatic heterocycles. The van der Waals surface area contributed by atoms with Crippen LogP contribution in [0.4, 0.5) is 10.1 Å². The molecule has 0 radical (unpaired) electrons. The Balaban J connectivity index is 1.90. The topological polar surface area (TPSA) is 24.1 Å². The number of hydrogen-bond donors (Lipinski definition) is 2. The van der Waals surface area contributed by atoms with Gasteiger partial charge in [-0.25, -0.2) is 4.39 Å². The lowest BCUT2D eigenvalue weighted by atomic mass is 9.99. The standard InChI is InChI=1S/C13H19FN2/c1-10-4-5-12(14)13(7-10)16-9-11-3-2-6-15-8-11/h4-5,7,11,15-16H,2-3,6,8-9H2,1H3. The van der Waals surface area contributed by atoms with Gasteiger partial charge in [0.15, 0.2) is 0 Å². The van der Waals surface area contributed by atoms with Gasteiger partial charge in [0.2, 0.25) is 0 Å². The highest BCUT2D eigenvalue weighted by Gasteiger charge is 2.13. The van der Waals surface area contributed by atoms with Crippen molar-refractivity contribution in [3.63, 3.8) is 0 Å². The van der Waals surface area contributed by atoms with Crippen LogP contribution in [0.5, 0.6) is 0 Å². The van der Waals surface area contributed by atoms with Crippen molar-refractivity contribution in [3.05, 3.63) is 29.6 Å². The lowest BCUT2D eigenvalue weighted by molar-refractivity contribution is 0.392. The van der Waals surface area contributed by atoms with Gasteiger partial charge in [0, 0.05) is 6.54 Å². The predicted octanol–water partition coefficient (Wildman–Crippen LogP) is 2.55. The van der Waals surface area contributed by atoms with Crippen LogP contribution < -0.4 is 10.6 Å². The summed E-state index contributed by atoms with van der Waals surface area (Å²) < 4.78 is 13.4. The van der Waals surface area contributed by atoms with Crippen LogP contribution in [0.15, 0.2) is 18.2 Å². The Morgan fingerprint density at radius 3 is 3.12 bits per heavy atom. The lowest BCUT2D eigenvalue weighted by Gasteiger charge is -2.23. The van der Waals surface area contributed by atoms with Gasteiger partial charge in [-0.3, -0.25) is 0 Å². The number of anilines is 1. The molecular weight excluding hydrogens is 203 g/mol. The molecule has 2 rings (SSSR count). The van der Waals surface area contributed by atoms with Crippen LogP contribution in [0, 0.1) is 18.7 Å². The first-order chi connectivity index (χ1) is 7.75. The molecule has 1 aliphatic heterocycles. The summed E-state index contributed by atoms with van der Waals surface area (Å²) in [4.78, 5) is 0. The molecular formula is C13H19FN2. The van der Waals surface area contributed by atoms with Crippen molar-refractivity contribution in [2.24, 2.45) is 5.92 Å². The van der Waals surface area contributed by atoms with E-state index in [0.29, 0.717) is 11.6 Å². The number of piperidine rings is 1. The van der Waals surface area contributed by atoms with Crippen LogP contribution >= 0.6 is 0 Å². The number of halogens is 1. The van der Waals surface area contributed by atoms with Crippen LogP contribution in [0.2, 0.25) is 0 Å². The van der Waals surface area contributed by atoms with Crippen LogP contribution in [0.3, 0.4) is 0 Å². The van der Waals surface area contributed by atoms with Gasteiger partial charge < -0.3 is 10.6 Å². The smallest absolute Gasteiger partial charge is 0.146 e. The third kappa shape index (κ3) is 2.95. The van der Waals surface area contributed by atoms with Crippen LogP contribution in [0.1, 0.15) is 18.4 Å². The molecule has 2 N–H and O–H groups in total. The van der Waals surface area contributed by atoms with E-state index >= 15 is 0 Å². The third-order valence-corrected chi connectivity index (χ3v) is 3.10. The fourth-order valence-electron chi connectivity index (χ4n) is 2.13. The zero-order chi connectivity index (χ0) is 11.4. The number of benzene rings is 1. The molecule has 3 heteroatoms. The molecule has 0 aliphatic carbocycles. The maximum Gasteiger partial charge on any atom is 0.146 e. The lowest BCUT2D eigenvalue weighted by Crippen LogP contribution is -2.33. The molecule has 16 heavy (non-hydrogen) atoms. The maximum atomic E-state index is 13.4. The molecule has 1 saturated heterocycles. The Hall–Kier alpha value is -1.09. The normalized spacial score (nSPS) is 20.8. The van der Waals surface area contributed by atoms with E-state index in [1.54, 1.807) is 6.07 Å². The number of hydrogen-bond acceptors (Lipinski definition) is 2. The quantitative estimate of drug-likeness (QED) is 0.821. The Labute approximate surface area is 96.2 Å². The van der Waals surface area contributed by atoms with Gasteiger partial charge in [0.25, 0.3) is 0 Å². The summed E-state index contributed by atoms with van der Waals surface area (Å²) >= 11 is 0. The Bertz CT molecular complexity index is 346. The van der Waals surface area contributed by atoms with Crippen molar-refractivity contribution in [1.82, 2.24) is 5.32 Å². The second kappa shape index (κ2) is 5.30. The van der Waals surface area contributed by atoms with Gasteiger partial charge in [-0.05, 0) is 56.5 Å². The summed E-state index contributed by atoms with van der Waals surface area (Å²) in [5.74, 6) is 0.461. The molecule has 1 atom stereocenters. The van der Waals surface area contributed by atoms with Gasteiger partial charge in [-0.15, -0.1) is 0 Å². The van der Waals surface area contributed by atoms with Crippen LogP contribution in [-0.2, 0) is 0 Å². The molecule has 0 saturated carbocycles. The Morgan fingerprint density at radius 1 is 1.50 bits per heavy atom. The van der Waals surface area contributed by atoms with E-state index < -0.39 is 0 Å². The number of rotatable bonds is 3. The van der Waals surface area contributed by atoms with E-state index in [9.17, 15) is 4.39 Å². The van der Waals surface area contributed by atoms with Crippen molar-refractivity contribution in [2.75, 3.05) is 25.0 Å². The molecule has 2 nitrogen and oxygen atoms in total. The first-order valence-electron chi connectivity index (χ1n) is 5.96. The Morgan fingerprint density at radius 2 is 2.38 bits per heavy atom. The SMILES string of the molecule is Cc1ccc(F)c(NCC2CCCNC2)c1. The zero-order valence-electron chi connectivity index (χ0n) is 9.72. The molecule has 1 heterocycles.